The van der Waals surface area contributed by atoms with Gasteiger partial charge in [-0.05, 0) is 0 Å². The van der Waals surface area contributed by atoms with Crippen LogP contribution >= 0.6 is 23.2 Å². The minimum Gasteiger partial charge on any atom is -0.258 e. The molecular weight excluding hydrogens is 286 g/mol. The van der Waals surface area contributed by atoms with Crippen LogP contribution in [0.3, 0.4) is 0 Å². The zero-order valence-corrected chi connectivity index (χ0v) is 9.61. The standard InChI is InChI=1S/C6H3Cl2FN2O4S/c7-2-1-3(11(12)13)5(9)6(4(2)8)16(10,14)15/h1H,(H2,10,14,15). The number of sulfonamides is 1. The quantitative estimate of drug-likeness (QED) is 0.508. The predicted molar refractivity (Wildman–Crippen MR) is 54.4 cm³/mol. The summed E-state index contributed by atoms with van der Waals surface area (Å²) in [5, 5.41) is 13.9. The summed E-state index contributed by atoms with van der Waals surface area (Å²) in [6, 6.07) is 0.605. The highest BCUT2D eigenvalue weighted by atomic mass is 35.5. The maximum Gasteiger partial charge on any atom is 0.307 e. The largest absolute Gasteiger partial charge is 0.307 e. The fourth-order valence-electron chi connectivity index (χ4n) is 0.951. The normalized spacial score (nSPS) is 11.5. The zero-order chi connectivity index (χ0) is 12.7. The average Bonchev–Trinajstić information content (AvgIpc) is 2.08. The molecule has 0 heterocycles. The Morgan fingerprint density at radius 3 is 2.31 bits per heavy atom. The summed E-state index contributed by atoms with van der Waals surface area (Å²) in [5.41, 5.74) is -1.11. The van der Waals surface area contributed by atoms with E-state index in [0.717, 1.165) is 0 Å². The van der Waals surface area contributed by atoms with E-state index >= 15 is 0 Å². The molecule has 0 aliphatic heterocycles. The number of benzene rings is 1. The van der Waals surface area contributed by atoms with Crippen LogP contribution in [0.1, 0.15) is 0 Å². The average molecular weight is 289 g/mol. The van der Waals surface area contributed by atoms with E-state index in [2.05, 4.69) is 5.14 Å². The van der Waals surface area contributed by atoms with Crippen LogP contribution in [0.25, 0.3) is 0 Å². The monoisotopic (exact) mass is 288 g/mol. The number of nitro benzene ring substituents is 1. The van der Waals surface area contributed by atoms with Crippen molar-refractivity contribution < 1.29 is 17.7 Å². The summed E-state index contributed by atoms with van der Waals surface area (Å²) in [5.74, 6) is -1.64. The van der Waals surface area contributed by atoms with Gasteiger partial charge in [0.1, 0.15) is 4.90 Å². The first-order chi connectivity index (χ1) is 7.16. The Kier molecular flexibility index (Phi) is 3.38. The Morgan fingerprint density at radius 2 is 1.94 bits per heavy atom. The number of halogens is 3. The molecule has 0 saturated heterocycles. The first kappa shape index (κ1) is 13.1. The molecule has 1 rings (SSSR count). The van der Waals surface area contributed by atoms with Gasteiger partial charge < -0.3 is 0 Å². The number of nitrogens with two attached hydrogens (primary N) is 1. The van der Waals surface area contributed by atoms with Crippen molar-refractivity contribution in [3.05, 3.63) is 32.0 Å². The van der Waals surface area contributed by atoms with E-state index in [1.54, 1.807) is 0 Å². The van der Waals surface area contributed by atoms with Crippen LogP contribution in [0.2, 0.25) is 10.0 Å². The number of nitrogens with zero attached hydrogens (tertiary/aromatic N) is 1. The van der Waals surface area contributed by atoms with Crippen molar-refractivity contribution >= 4 is 38.9 Å². The fraction of sp³-hybridized carbons (Fsp3) is 0. The number of primary sulfonamides is 1. The molecule has 1 aromatic rings. The SMILES string of the molecule is NS(=O)(=O)c1c(F)c([N+](=O)[O-])cc(Cl)c1Cl. The number of nitro groups is 1. The molecule has 0 unspecified atom stereocenters. The lowest BCUT2D eigenvalue weighted by Crippen LogP contribution is -2.15. The zero-order valence-electron chi connectivity index (χ0n) is 7.28. The number of rotatable bonds is 2. The molecule has 0 bridgehead atoms. The van der Waals surface area contributed by atoms with Crippen molar-refractivity contribution in [2.45, 2.75) is 4.90 Å². The molecule has 0 spiro atoms. The van der Waals surface area contributed by atoms with Gasteiger partial charge in [-0.3, -0.25) is 10.1 Å². The van der Waals surface area contributed by atoms with Crippen LogP contribution in [0, 0.1) is 15.9 Å². The molecule has 0 aliphatic carbocycles. The van der Waals surface area contributed by atoms with E-state index in [1.165, 1.54) is 0 Å². The van der Waals surface area contributed by atoms with E-state index in [-0.39, 0.29) is 0 Å². The Hall–Kier alpha value is -0.960. The Balaban J connectivity index is 3.80. The van der Waals surface area contributed by atoms with Gasteiger partial charge in [-0.15, -0.1) is 0 Å². The van der Waals surface area contributed by atoms with Crippen molar-refractivity contribution in [3.8, 4) is 0 Å². The molecule has 0 fully saturated rings. The van der Waals surface area contributed by atoms with E-state index in [9.17, 15) is 22.9 Å². The lowest BCUT2D eigenvalue weighted by atomic mass is 10.3. The highest BCUT2D eigenvalue weighted by Crippen LogP contribution is 2.36. The second-order valence-corrected chi connectivity index (χ2v) is 4.92. The molecule has 2 N–H and O–H groups in total. The molecule has 0 atom stereocenters. The summed E-state index contributed by atoms with van der Waals surface area (Å²) in [6.07, 6.45) is 0. The highest BCUT2D eigenvalue weighted by molar-refractivity contribution is 7.89. The topological polar surface area (TPSA) is 103 Å². The molecule has 0 aliphatic rings. The Labute approximate surface area is 99.0 Å². The second kappa shape index (κ2) is 4.13. The lowest BCUT2D eigenvalue weighted by molar-refractivity contribution is -0.387. The Morgan fingerprint density at radius 1 is 1.44 bits per heavy atom. The second-order valence-electron chi connectivity index (χ2n) is 2.64. The van der Waals surface area contributed by atoms with Gasteiger partial charge in [-0.2, -0.15) is 4.39 Å². The van der Waals surface area contributed by atoms with Gasteiger partial charge in [0.15, 0.2) is 0 Å². The first-order valence-electron chi connectivity index (χ1n) is 3.51. The van der Waals surface area contributed by atoms with Crippen LogP contribution in [-0.2, 0) is 10.0 Å². The Bertz CT molecular complexity index is 574. The molecule has 0 aromatic heterocycles. The lowest BCUT2D eigenvalue weighted by Gasteiger charge is -2.05. The summed E-state index contributed by atoms with van der Waals surface area (Å²) < 4.78 is 35.4. The van der Waals surface area contributed by atoms with Gasteiger partial charge in [0, 0.05) is 6.07 Å². The summed E-state index contributed by atoms with van der Waals surface area (Å²) in [4.78, 5) is 8.07. The van der Waals surface area contributed by atoms with Gasteiger partial charge >= 0.3 is 5.69 Å². The van der Waals surface area contributed by atoms with Crippen molar-refractivity contribution in [1.82, 2.24) is 0 Å². The van der Waals surface area contributed by atoms with Gasteiger partial charge in [-0.25, -0.2) is 13.6 Å². The van der Waals surface area contributed by atoms with Gasteiger partial charge in [0.25, 0.3) is 0 Å². The van der Waals surface area contributed by atoms with Crippen LogP contribution in [-0.4, -0.2) is 13.3 Å². The minimum atomic E-state index is -4.54. The van der Waals surface area contributed by atoms with E-state index in [4.69, 9.17) is 23.2 Å². The van der Waals surface area contributed by atoms with Crippen LogP contribution in [0.4, 0.5) is 10.1 Å². The number of hydrogen-bond donors (Lipinski definition) is 1. The number of hydrogen-bond acceptors (Lipinski definition) is 4. The minimum absolute atomic E-state index is 0.473. The van der Waals surface area contributed by atoms with E-state index in [0.29, 0.717) is 6.07 Å². The molecule has 10 heteroatoms. The maximum atomic E-state index is 13.4. The smallest absolute Gasteiger partial charge is 0.258 e. The molecular formula is C6H3Cl2FN2O4S. The van der Waals surface area contributed by atoms with Crippen molar-refractivity contribution in [3.63, 3.8) is 0 Å². The van der Waals surface area contributed by atoms with Crippen LogP contribution in [0.15, 0.2) is 11.0 Å². The third-order valence-corrected chi connectivity index (χ3v) is 3.43. The molecule has 88 valence electrons. The molecule has 16 heavy (non-hydrogen) atoms. The summed E-state index contributed by atoms with van der Waals surface area (Å²) >= 11 is 10.8. The molecule has 0 saturated carbocycles. The molecule has 0 amide bonds. The molecule has 0 radical (unpaired) electrons. The summed E-state index contributed by atoms with van der Waals surface area (Å²) in [6.45, 7) is 0. The summed E-state index contributed by atoms with van der Waals surface area (Å²) in [7, 11) is -4.54. The molecule has 6 nitrogen and oxygen atoms in total. The first-order valence-corrected chi connectivity index (χ1v) is 5.81. The van der Waals surface area contributed by atoms with Crippen molar-refractivity contribution in [2.75, 3.05) is 0 Å². The van der Waals surface area contributed by atoms with Crippen molar-refractivity contribution in [1.29, 1.82) is 0 Å². The third-order valence-electron chi connectivity index (χ3n) is 1.58. The molecule has 1 aromatic carbocycles. The van der Waals surface area contributed by atoms with Crippen LogP contribution in [0.5, 0.6) is 0 Å². The maximum absolute atomic E-state index is 13.4. The van der Waals surface area contributed by atoms with E-state index in [1.807, 2.05) is 0 Å². The van der Waals surface area contributed by atoms with Crippen molar-refractivity contribution in [2.24, 2.45) is 5.14 Å². The van der Waals surface area contributed by atoms with Gasteiger partial charge in [-0.1, -0.05) is 23.2 Å². The highest BCUT2D eigenvalue weighted by Gasteiger charge is 2.29. The fourth-order valence-corrected chi connectivity index (χ4v) is 2.38. The van der Waals surface area contributed by atoms with Crippen LogP contribution < -0.4 is 5.14 Å². The third kappa shape index (κ3) is 2.24. The van der Waals surface area contributed by atoms with E-state index < -0.39 is 41.4 Å². The van der Waals surface area contributed by atoms with Gasteiger partial charge in [0.2, 0.25) is 15.8 Å². The van der Waals surface area contributed by atoms with Gasteiger partial charge in [0.05, 0.1) is 15.0 Å². The predicted octanol–water partition coefficient (Wildman–Crippen LogP) is 1.69.